The highest BCUT2D eigenvalue weighted by molar-refractivity contribution is 5.75. The smallest absolute Gasteiger partial charge is 0.316 e. The van der Waals surface area contributed by atoms with Gasteiger partial charge in [-0.15, -0.1) is 0 Å². The van der Waals surface area contributed by atoms with E-state index in [1.54, 1.807) is 18.2 Å². The van der Waals surface area contributed by atoms with Crippen LogP contribution in [-0.2, 0) is 0 Å². The standard InChI is InChI=1S/C14H20N4O2/c15-17-13-3-1-2-12(14(13)18(19)20)16-8-11(9-4-5-9)10-6-7-10/h1-3,9-11,16-17H,4-8,15H2. The zero-order valence-electron chi connectivity index (χ0n) is 11.3. The first-order valence-electron chi connectivity index (χ1n) is 7.18. The van der Waals surface area contributed by atoms with Crippen molar-refractivity contribution in [2.24, 2.45) is 23.6 Å². The second-order valence-corrected chi connectivity index (χ2v) is 5.82. The van der Waals surface area contributed by atoms with E-state index in [-0.39, 0.29) is 10.6 Å². The van der Waals surface area contributed by atoms with Gasteiger partial charge in [-0.25, -0.2) is 0 Å². The first kappa shape index (κ1) is 13.2. The third-order valence-electron chi connectivity index (χ3n) is 4.36. The number of hydrazine groups is 1. The molecule has 0 atom stereocenters. The van der Waals surface area contributed by atoms with Crippen LogP contribution < -0.4 is 16.6 Å². The largest absolute Gasteiger partial charge is 0.379 e. The number of para-hydroxylation sites is 1. The number of rotatable bonds is 7. The van der Waals surface area contributed by atoms with E-state index in [0.717, 1.165) is 18.4 Å². The molecular weight excluding hydrogens is 256 g/mol. The lowest BCUT2D eigenvalue weighted by Gasteiger charge is -2.17. The summed E-state index contributed by atoms with van der Waals surface area (Å²) in [5.41, 5.74) is 3.32. The van der Waals surface area contributed by atoms with Gasteiger partial charge in [-0.2, -0.15) is 0 Å². The highest BCUT2D eigenvalue weighted by atomic mass is 16.6. The van der Waals surface area contributed by atoms with E-state index >= 15 is 0 Å². The van der Waals surface area contributed by atoms with Crippen molar-refractivity contribution in [3.05, 3.63) is 28.3 Å². The van der Waals surface area contributed by atoms with E-state index in [1.165, 1.54) is 25.7 Å². The van der Waals surface area contributed by atoms with Crippen LogP contribution in [0.2, 0.25) is 0 Å². The lowest BCUT2D eigenvalue weighted by atomic mass is 9.98. The van der Waals surface area contributed by atoms with Gasteiger partial charge < -0.3 is 10.7 Å². The molecule has 6 heteroatoms. The summed E-state index contributed by atoms with van der Waals surface area (Å²) in [4.78, 5) is 10.8. The van der Waals surface area contributed by atoms with Crippen LogP contribution in [0.25, 0.3) is 0 Å². The number of nitro groups is 1. The number of nitrogens with two attached hydrogens (primary N) is 1. The molecule has 0 amide bonds. The number of anilines is 2. The van der Waals surface area contributed by atoms with Gasteiger partial charge in [-0.3, -0.25) is 16.0 Å². The fourth-order valence-electron chi connectivity index (χ4n) is 2.99. The van der Waals surface area contributed by atoms with Gasteiger partial charge in [0.25, 0.3) is 0 Å². The molecule has 6 nitrogen and oxygen atoms in total. The Morgan fingerprint density at radius 1 is 1.25 bits per heavy atom. The number of nitrogens with zero attached hydrogens (tertiary/aromatic N) is 1. The topological polar surface area (TPSA) is 93.2 Å². The normalized spacial score (nSPS) is 18.1. The van der Waals surface area contributed by atoms with Gasteiger partial charge >= 0.3 is 5.69 Å². The zero-order valence-corrected chi connectivity index (χ0v) is 11.3. The summed E-state index contributed by atoms with van der Waals surface area (Å²) in [5, 5.41) is 14.5. The molecule has 1 aromatic rings. The average molecular weight is 276 g/mol. The van der Waals surface area contributed by atoms with Crippen molar-refractivity contribution in [1.82, 2.24) is 0 Å². The SMILES string of the molecule is NNc1cccc(NCC(C2CC2)C2CC2)c1[N+](=O)[O-]. The minimum absolute atomic E-state index is 0.0281. The fourth-order valence-corrected chi connectivity index (χ4v) is 2.99. The molecule has 0 heterocycles. The second kappa shape index (κ2) is 5.28. The Kier molecular flexibility index (Phi) is 3.48. The van der Waals surface area contributed by atoms with E-state index in [4.69, 9.17) is 5.84 Å². The minimum atomic E-state index is -0.388. The number of nitro benzene ring substituents is 1. The van der Waals surface area contributed by atoms with Crippen LogP contribution in [0.3, 0.4) is 0 Å². The van der Waals surface area contributed by atoms with E-state index in [9.17, 15) is 10.1 Å². The first-order chi connectivity index (χ1) is 9.70. The summed E-state index contributed by atoms with van der Waals surface area (Å²) in [6.45, 7) is 0.824. The Morgan fingerprint density at radius 2 is 1.85 bits per heavy atom. The number of hydrogen-bond donors (Lipinski definition) is 3. The van der Waals surface area contributed by atoms with Crippen LogP contribution in [0, 0.1) is 27.9 Å². The van der Waals surface area contributed by atoms with Crippen LogP contribution in [0.1, 0.15) is 25.7 Å². The highest BCUT2D eigenvalue weighted by Gasteiger charge is 2.41. The van der Waals surface area contributed by atoms with Crippen molar-refractivity contribution in [2.45, 2.75) is 25.7 Å². The van der Waals surface area contributed by atoms with Gasteiger partial charge in [0.15, 0.2) is 0 Å². The van der Waals surface area contributed by atoms with Gasteiger partial charge in [0.1, 0.15) is 11.4 Å². The third kappa shape index (κ3) is 2.70. The zero-order chi connectivity index (χ0) is 14.1. The van der Waals surface area contributed by atoms with E-state index in [1.807, 2.05) is 0 Å². The van der Waals surface area contributed by atoms with Gasteiger partial charge in [-0.05, 0) is 55.6 Å². The minimum Gasteiger partial charge on any atom is -0.379 e. The van der Waals surface area contributed by atoms with Crippen LogP contribution >= 0.6 is 0 Å². The van der Waals surface area contributed by atoms with E-state index in [0.29, 0.717) is 17.3 Å². The molecule has 108 valence electrons. The average Bonchev–Trinajstić information content (AvgIpc) is 3.31. The van der Waals surface area contributed by atoms with E-state index < -0.39 is 0 Å². The first-order valence-corrected chi connectivity index (χ1v) is 7.18. The molecule has 20 heavy (non-hydrogen) atoms. The van der Waals surface area contributed by atoms with Crippen molar-refractivity contribution in [3.8, 4) is 0 Å². The van der Waals surface area contributed by atoms with Crippen molar-refractivity contribution in [1.29, 1.82) is 0 Å². The molecule has 0 aliphatic heterocycles. The van der Waals surface area contributed by atoms with Crippen molar-refractivity contribution in [2.75, 3.05) is 17.3 Å². The van der Waals surface area contributed by atoms with Gasteiger partial charge in [0, 0.05) is 6.54 Å². The molecular formula is C14H20N4O2. The van der Waals surface area contributed by atoms with Crippen LogP contribution in [0.5, 0.6) is 0 Å². The molecule has 2 aliphatic carbocycles. The number of hydrogen-bond acceptors (Lipinski definition) is 5. The lowest BCUT2D eigenvalue weighted by Crippen LogP contribution is -2.19. The molecule has 1 aromatic carbocycles. The Bertz CT molecular complexity index is 500. The Hall–Kier alpha value is -1.82. The van der Waals surface area contributed by atoms with Crippen molar-refractivity contribution < 1.29 is 4.92 Å². The molecule has 0 bridgehead atoms. The summed E-state index contributed by atoms with van der Waals surface area (Å²) in [6.07, 6.45) is 5.26. The maximum atomic E-state index is 11.2. The quantitative estimate of drug-likeness (QED) is 0.404. The molecule has 0 radical (unpaired) electrons. The Labute approximate surface area is 117 Å². The van der Waals surface area contributed by atoms with Crippen molar-refractivity contribution >= 4 is 17.1 Å². The highest BCUT2D eigenvalue weighted by Crippen LogP contribution is 2.49. The molecule has 4 N–H and O–H groups in total. The van der Waals surface area contributed by atoms with Gasteiger partial charge in [0.05, 0.1) is 4.92 Å². The predicted molar refractivity (Wildman–Crippen MR) is 78.3 cm³/mol. The monoisotopic (exact) mass is 276 g/mol. The number of benzene rings is 1. The summed E-state index contributed by atoms with van der Waals surface area (Å²) < 4.78 is 0. The number of nitrogens with one attached hydrogen (secondary N) is 2. The predicted octanol–water partition coefficient (Wildman–Crippen LogP) is 2.73. The summed E-state index contributed by atoms with van der Waals surface area (Å²) in [5.74, 6) is 7.67. The molecule has 2 saturated carbocycles. The van der Waals surface area contributed by atoms with Gasteiger partial charge in [0.2, 0.25) is 0 Å². The van der Waals surface area contributed by atoms with Crippen LogP contribution in [0.15, 0.2) is 18.2 Å². The molecule has 2 fully saturated rings. The summed E-state index contributed by atoms with van der Waals surface area (Å²) in [7, 11) is 0. The third-order valence-corrected chi connectivity index (χ3v) is 4.36. The maximum absolute atomic E-state index is 11.2. The fraction of sp³-hybridized carbons (Fsp3) is 0.571. The molecule has 0 saturated heterocycles. The summed E-state index contributed by atoms with van der Waals surface area (Å²) in [6, 6.07) is 5.13. The number of nitrogen functional groups attached to an aromatic ring is 1. The molecule has 0 unspecified atom stereocenters. The van der Waals surface area contributed by atoms with Crippen LogP contribution in [-0.4, -0.2) is 11.5 Å². The van der Waals surface area contributed by atoms with Crippen molar-refractivity contribution in [3.63, 3.8) is 0 Å². The maximum Gasteiger partial charge on any atom is 0.316 e. The lowest BCUT2D eigenvalue weighted by molar-refractivity contribution is -0.383. The Balaban J connectivity index is 1.74. The Morgan fingerprint density at radius 3 is 2.35 bits per heavy atom. The molecule has 0 spiro atoms. The van der Waals surface area contributed by atoms with Gasteiger partial charge in [-0.1, -0.05) is 6.07 Å². The second-order valence-electron chi connectivity index (χ2n) is 5.82. The van der Waals surface area contributed by atoms with Crippen LogP contribution in [0.4, 0.5) is 17.1 Å². The van der Waals surface area contributed by atoms with E-state index in [2.05, 4.69) is 10.7 Å². The molecule has 3 rings (SSSR count). The molecule has 2 aliphatic rings. The molecule has 0 aromatic heterocycles. The summed E-state index contributed by atoms with van der Waals surface area (Å²) >= 11 is 0.